The van der Waals surface area contributed by atoms with Crippen LogP contribution in [0, 0.1) is 5.82 Å². The molecule has 1 unspecified atom stereocenters. The molecule has 0 bridgehead atoms. The zero-order chi connectivity index (χ0) is 13.1. The average molecular weight is 312 g/mol. The smallest absolute Gasteiger partial charge is 0.171 e. The van der Waals surface area contributed by atoms with Crippen LogP contribution in [0.15, 0.2) is 41.0 Å². The molecule has 1 atom stereocenters. The van der Waals surface area contributed by atoms with Gasteiger partial charge in [-0.2, -0.15) is 0 Å². The lowest BCUT2D eigenvalue weighted by molar-refractivity contribution is 0.207. The Kier molecular flexibility index (Phi) is 3.93. The van der Waals surface area contributed by atoms with E-state index in [1.54, 1.807) is 24.4 Å². The molecule has 1 N–H and O–H groups in total. The van der Waals surface area contributed by atoms with Gasteiger partial charge in [-0.05, 0) is 34.1 Å². The summed E-state index contributed by atoms with van der Waals surface area (Å²) in [5.74, 6) is -0.483. The third kappa shape index (κ3) is 2.37. The third-order valence-electron chi connectivity index (χ3n) is 2.55. The van der Waals surface area contributed by atoms with Crippen LogP contribution >= 0.6 is 15.9 Å². The highest BCUT2D eigenvalue weighted by atomic mass is 79.9. The first-order valence-electron chi connectivity index (χ1n) is 5.26. The first-order chi connectivity index (χ1) is 8.65. The van der Waals surface area contributed by atoms with E-state index in [1.165, 1.54) is 19.2 Å². The van der Waals surface area contributed by atoms with Crippen LogP contribution in [0.4, 0.5) is 4.39 Å². The number of hydrogen-bond acceptors (Lipinski definition) is 3. The summed E-state index contributed by atoms with van der Waals surface area (Å²) in [5.41, 5.74) is 0.499. The fourth-order valence-corrected chi connectivity index (χ4v) is 2.11. The minimum atomic E-state index is -1.14. The molecule has 1 aromatic heterocycles. The Morgan fingerprint density at radius 2 is 2.11 bits per heavy atom. The summed E-state index contributed by atoms with van der Waals surface area (Å²) in [6.45, 7) is 0. The summed E-state index contributed by atoms with van der Waals surface area (Å²) < 4.78 is 19.5. The molecule has 0 saturated heterocycles. The van der Waals surface area contributed by atoms with E-state index in [-0.39, 0.29) is 11.3 Å². The Morgan fingerprint density at radius 3 is 2.78 bits per heavy atom. The van der Waals surface area contributed by atoms with Gasteiger partial charge in [-0.25, -0.2) is 4.39 Å². The van der Waals surface area contributed by atoms with E-state index >= 15 is 0 Å². The van der Waals surface area contributed by atoms with E-state index in [1.807, 2.05) is 0 Å². The van der Waals surface area contributed by atoms with Crippen LogP contribution in [0.5, 0.6) is 5.75 Å². The summed E-state index contributed by atoms with van der Waals surface area (Å²) in [7, 11) is 1.38. The van der Waals surface area contributed by atoms with Gasteiger partial charge in [0.15, 0.2) is 11.6 Å². The Hall–Kier alpha value is -1.46. The molecule has 2 aromatic rings. The molecule has 0 aliphatic carbocycles. The van der Waals surface area contributed by atoms with Crippen molar-refractivity contribution < 1.29 is 14.2 Å². The molecule has 18 heavy (non-hydrogen) atoms. The highest BCUT2D eigenvalue weighted by Crippen LogP contribution is 2.31. The number of benzene rings is 1. The lowest BCUT2D eigenvalue weighted by atomic mass is 10.0. The van der Waals surface area contributed by atoms with E-state index in [9.17, 15) is 9.50 Å². The summed E-state index contributed by atoms with van der Waals surface area (Å²) in [5, 5.41) is 10.2. The second kappa shape index (κ2) is 5.46. The summed E-state index contributed by atoms with van der Waals surface area (Å²) in [4.78, 5) is 4.05. The predicted octanol–water partition coefficient (Wildman–Crippen LogP) is 3.07. The maximum absolute atomic E-state index is 14.0. The normalized spacial score (nSPS) is 12.2. The number of methoxy groups -OCH3 is 1. The lowest BCUT2D eigenvalue weighted by Gasteiger charge is -2.14. The van der Waals surface area contributed by atoms with Crippen LogP contribution in [0.1, 0.15) is 17.4 Å². The fraction of sp³-hybridized carbons (Fsp3) is 0.154. The molecule has 2 rings (SSSR count). The van der Waals surface area contributed by atoms with Crippen molar-refractivity contribution in [2.24, 2.45) is 0 Å². The molecule has 3 nitrogen and oxygen atoms in total. The second-order valence-electron chi connectivity index (χ2n) is 3.64. The first-order valence-corrected chi connectivity index (χ1v) is 6.05. The Bertz CT molecular complexity index is 562. The highest BCUT2D eigenvalue weighted by molar-refractivity contribution is 9.10. The molecule has 94 valence electrons. The Labute approximate surface area is 112 Å². The van der Waals surface area contributed by atoms with Crippen molar-refractivity contribution in [2.45, 2.75) is 6.10 Å². The summed E-state index contributed by atoms with van der Waals surface area (Å²) >= 11 is 3.28. The maximum Gasteiger partial charge on any atom is 0.171 e. The van der Waals surface area contributed by atoms with E-state index in [0.29, 0.717) is 10.2 Å². The highest BCUT2D eigenvalue weighted by Gasteiger charge is 2.20. The minimum Gasteiger partial charge on any atom is -0.494 e. The molecular weight excluding hydrogens is 301 g/mol. The van der Waals surface area contributed by atoms with Crippen LogP contribution in [0.3, 0.4) is 0 Å². The fourth-order valence-electron chi connectivity index (χ4n) is 1.64. The number of pyridine rings is 1. The first kappa shape index (κ1) is 13.0. The van der Waals surface area contributed by atoms with Crippen molar-refractivity contribution in [1.29, 1.82) is 0 Å². The number of hydrogen-bond donors (Lipinski definition) is 1. The summed E-state index contributed by atoms with van der Waals surface area (Å²) in [6.07, 6.45) is 0.400. The van der Waals surface area contributed by atoms with Gasteiger partial charge in [-0.1, -0.05) is 12.1 Å². The van der Waals surface area contributed by atoms with E-state index in [2.05, 4.69) is 20.9 Å². The second-order valence-corrected chi connectivity index (χ2v) is 4.49. The number of halogens is 2. The number of rotatable bonds is 3. The van der Waals surface area contributed by atoms with E-state index in [4.69, 9.17) is 4.74 Å². The van der Waals surface area contributed by atoms with Gasteiger partial charge in [0.05, 0.1) is 12.8 Å². The topological polar surface area (TPSA) is 42.4 Å². The van der Waals surface area contributed by atoms with Gasteiger partial charge in [0, 0.05) is 16.2 Å². The monoisotopic (exact) mass is 311 g/mol. The summed E-state index contributed by atoms with van der Waals surface area (Å²) in [6, 6.07) is 8.09. The number of aromatic nitrogens is 1. The Balaban J connectivity index is 2.47. The minimum absolute atomic E-state index is 0.0959. The third-order valence-corrected chi connectivity index (χ3v) is 3.22. The van der Waals surface area contributed by atoms with Gasteiger partial charge in [0.2, 0.25) is 0 Å². The van der Waals surface area contributed by atoms with Crippen LogP contribution in [0.2, 0.25) is 0 Å². The number of aliphatic hydroxyl groups is 1. The van der Waals surface area contributed by atoms with Crippen molar-refractivity contribution >= 4 is 15.9 Å². The van der Waals surface area contributed by atoms with Crippen LogP contribution < -0.4 is 4.74 Å². The molecule has 1 aromatic carbocycles. The molecule has 0 saturated carbocycles. The molecular formula is C13H11BrFNO2. The number of nitrogens with zero attached hydrogens (tertiary/aromatic N) is 1. The molecule has 5 heteroatoms. The van der Waals surface area contributed by atoms with Crippen LogP contribution in [0.25, 0.3) is 0 Å². The van der Waals surface area contributed by atoms with Gasteiger partial charge in [0.1, 0.15) is 6.10 Å². The predicted molar refractivity (Wildman–Crippen MR) is 69.0 cm³/mol. The number of ether oxygens (including phenoxy) is 1. The van der Waals surface area contributed by atoms with Gasteiger partial charge < -0.3 is 9.84 Å². The van der Waals surface area contributed by atoms with Crippen molar-refractivity contribution in [3.8, 4) is 5.75 Å². The SMILES string of the molecule is COc1cccc(C(O)c2ncccc2Br)c1F. The van der Waals surface area contributed by atoms with Crippen LogP contribution in [-0.2, 0) is 0 Å². The molecule has 0 amide bonds. The largest absolute Gasteiger partial charge is 0.494 e. The maximum atomic E-state index is 14.0. The van der Waals surface area contributed by atoms with Crippen LogP contribution in [-0.4, -0.2) is 17.2 Å². The molecule has 0 spiro atoms. The standard InChI is InChI=1S/C13H11BrFNO2/c1-18-10-6-2-4-8(11(10)15)13(17)12-9(14)5-3-7-16-12/h2-7,13,17H,1H3. The van der Waals surface area contributed by atoms with Crippen molar-refractivity contribution in [3.05, 3.63) is 58.1 Å². The molecule has 1 heterocycles. The average Bonchev–Trinajstić information content (AvgIpc) is 2.39. The molecule has 0 radical (unpaired) electrons. The zero-order valence-corrected chi connectivity index (χ0v) is 11.2. The van der Waals surface area contributed by atoms with Gasteiger partial charge in [0.25, 0.3) is 0 Å². The van der Waals surface area contributed by atoms with E-state index < -0.39 is 11.9 Å². The van der Waals surface area contributed by atoms with Crippen molar-refractivity contribution in [2.75, 3.05) is 7.11 Å². The van der Waals surface area contributed by atoms with Gasteiger partial charge in [-0.15, -0.1) is 0 Å². The molecule has 0 aliphatic heterocycles. The molecule has 0 fully saturated rings. The van der Waals surface area contributed by atoms with Crippen molar-refractivity contribution in [3.63, 3.8) is 0 Å². The quantitative estimate of drug-likeness (QED) is 0.947. The van der Waals surface area contributed by atoms with E-state index in [0.717, 1.165) is 0 Å². The Morgan fingerprint density at radius 1 is 1.33 bits per heavy atom. The molecule has 0 aliphatic rings. The van der Waals surface area contributed by atoms with Gasteiger partial charge in [-0.3, -0.25) is 4.98 Å². The lowest BCUT2D eigenvalue weighted by Crippen LogP contribution is -2.06. The van der Waals surface area contributed by atoms with Gasteiger partial charge >= 0.3 is 0 Å². The van der Waals surface area contributed by atoms with Crippen molar-refractivity contribution in [1.82, 2.24) is 4.98 Å². The zero-order valence-electron chi connectivity index (χ0n) is 9.60. The number of aliphatic hydroxyl groups excluding tert-OH is 1.